The molecule has 0 amide bonds. The highest BCUT2D eigenvalue weighted by atomic mass is 79.9. The minimum absolute atomic E-state index is 0.0468. The minimum atomic E-state index is -1.99. The summed E-state index contributed by atoms with van der Waals surface area (Å²) >= 11 is 3.56. The van der Waals surface area contributed by atoms with E-state index in [9.17, 15) is 4.79 Å². The molecule has 0 atom stereocenters. The molecule has 0 aromatic heterocycles. The van der Waals surface area contributed by atoms with Crippen molar-refractivity contribution in [3.05, 3.63) is 58.1 Å². The van der Waals surface area contributed by atoms with Crippen molar-refractivity contribution in [2.75, 3.05) is 0 Å². The lowest BCUT2D eigenvalue weighted by Gasteiger charge is -2.36. The molecule has 0 radical (unpaired) electrons. The first-order chi connectivity index (χ1) is 12.0. The van der Waals surface area contributed by atoms with Gasteiger partial charge < -0.3 is 9.16 Å². The van der Waals surface area contributed by atoms with Gasteiger partial charge in [-0.25, -0.2) is 0 Å². The Balaban J connectivity index is 2.32. The molecule has 0 N–H and O–H groups in total. The van der Waals surface area contributed by atoms with Gasteiger partial charge in [0, 0.05) is 0 Å². The molecule has 0 spiro atoms. The summed E-state index contributed by atoms with van der Waals surface area (Å²) < 4.78 is 13.0. The van der Waals surface area contributed by atoms with Gasteiger partial charge in [-0.05, 0) is 58.7 Å². The molecule has 5 heteroatoms. The predicted octanol–water partition coefficient (Wildman–Crippen LogP) is 6.61. The highest BCUT2D eigenvalue weighted by Crippen LogP contribution is 2.40. The zero-order valence-corrected chi connectivity index (χ0v) is 18.9. The van der Waals surface area contributed by atoms with Crippen molar-refractivity contribution in [3.8, 4) is 11.5 Å². The van der Waals surface area contributed by atoms with Gasteiger partial charge in [0.2, 0.25) is 8.32 Å². The average Bonchev–Trinajstić information content (AvgIpc) is 2.53. The zero-order valence-electron chi connectivity index (χ0n) is 16.4. The molecular weight excluding hydrogens is 408 g/mol. The number of hydrogen-bond acceptors (Lipinski definition) is 3. The Hall–Kier alpha value is -1.59. The molecule has 0 bridgehead atoms. The number of ketones is 1. The number of hydrogen-bond donors (Lipinski definition) is 0. The van der Waals surface area contributed by atoms with Gasteiger partial charge in [-0.1, -0.05) is 51.1 Å². The SMILES string of the molecule is CC(=O)c1cc(O[Si](C)(C)C(C)(C)C)cc(Br)c1OCc1ccccc1. The van der Waals surface area contributed by atoms with E-state index in [2.05, 4.69) is 49.8 Å². The fourth-order valence-electron chi connectivity index (χ4n) is 2.21. The van der Waals surface area contributed by atoms with Crippen LogP contribution in [0.5, 0.6) is 11.5 Å². The van der Waals surface area contributed by atoms with Crippen LogP contribution in [-0.2, 0) is 6.61 Å². The summed E-state index contributed by atoms with van der Waals surface area (Å²) in [7, 11) is -1.99. The maximum Gasteiger partial charge on any atom is 0.250 e. The molecule has 0 saturated carbocycles. The number of carbonyl (C=O) groups is 1. The molecule has 2 aromatic carbocycles. The third kappa shape index (κ3) is 4.98. The lowest BCUT2D eigenvalue weighted by Crippen LogP contribution is -2.43. The van der Waals surface area contributed by atoms with Crippen LogP contribution < -0.4 is 9.16 Å². The summed E-state index contributed by atoms with van der Waals surface area (Å²) in [4.78, 5) is 12.2. The third-order valence-electron chi connectivity index (χ3n) is 4.80. The highest BCUT2D eigenvalue weighted by molar-refractivity contribution is 9.10. The van der Waals surface area contributed by atoms with E-state index in [4.69, 9.17) is 9.16 Å². The van der Waals surface area contributed by atoms with Crippen molar-refractivity contribution in [2.24, 2.45) is 0 Å². The summed E-state index contributed by atoms with van der Waals surface area (Å²) in [6.45, 7) is 12.9. The van der Waals surface area contributed by atoms with Crippen LogP contribution in [0.25, 0.3) is 0 Å². The van der Waals surface area contributed by atoms with Crippen LogP contribution in [0.2, 0.25) is 18.1 Å². The van der Waals surface area contributed by atoms with Crippen molar-refractivity contribution in [2.45, 2.75) is 52.4 Å². The lowest BCUT2D eigenvalue weighted by molar-refractivity contribution is 0.101. The van der Waals surface area contributed by atoms with Crippen LogP contribution in [0.15, 0.2) is 46.9 Å². The first kappa shape index (κ1) is 20.7. The maximum atomic E-state index is 12.2. The molecule has 0 aliphatic carbocycles. The van der Waals surface area contributed by atoms with Crippen LogP contribution in [-0.4, -0.2) is 14.1 Å². The zero-order chi connectivity index (χ0) is 19.5. The molecule has 2 aromatic rings. The number of benzene rings is 2. The second-order valence-corrected chi connectivity index (χ2v) is 13.6. The summed E-state index contributed by atoms with van der Waals surface area (Å²) in [5.74, 6) is 1.22. The van der Waals surface area contributed by atoms with Crippen molar-refractivity contribution in [3.63, 3.8) is 0 Å². The van der Waals surface area contributed by atoms with Crippen molar-refractivity contribution in [1.82, 2.24) is 0 Å². The quantitative estimate of drug-likeness (QED) is 0.378. The van der Waals surface area contributed by atoms with E-state index < -0.39 is 8.32 Å². The number of Topliss-reactive ketones (excluding diaryl/α,β-unsaturated/α-hetero) is 1. The highest BCUT2D eigenvalue weighted by Gasteiger charge is 2.39. The molecule has 0 saturated heterocycles. The van der Waals surface area contributed by atoms with Crippen LogP contribution >= 0.6 is 15.9 Å². The normalized spacial score (nSPS) is 12.0. The van der Waals surface area contributed by atoms with Crippen molar-refractivity contribution >= 4 is 30.0 Å². The number of rotatable bonds is 6. The van der Waals surface area contributed by atoms with E-state index >= 15 is 0 Å². The minimum Gasteiger partial charge on any atom is -0.543 e. The van der Waals surface area contributed by atoms with Gasteiger partial charge in [0.25, 0.3) is 0 Å². The summed E-state index contributed by atoms with van der Waals surface area (Å²) in [5, 5.41) is 0.0817. The Morgan fingerprint density at radius 3 is 2.27 bits per heavy atom. The molecular formula is C21H27BrO3Si. The maximum absolute atomic E-state index is 12.2. The van der Waals surface area contributed by atoms with Gasteiger partial charge in [-0.3, -0.25) is 4.79 Å². The molecule has 0 aliphatic rings. The Kier molecular flexibility index (Phi) is 6.35. The smallest absolute Gasteiger partial charge is 0.250 e. The van der Waals surface area contributed by atoms with Crippen molar-refractivity contribution in [1.29, 1.82) is 0 Å². The monoisotopic (exact) mass is 434 g/mol. The predicted molar refractivity (Wildman–Crippen MR) is 113 cm³/mol. The van der Waals surface area contributed by atoms with E-state index in [0.29, 0.717) is 23.7 Å². The van der Waals surface area contributed by atoms with E-state index in [1.807, 2.05) is 36.4 Å². The Morgan fingerprint density at radius 2 is 1.73 bits per heavy atom. The van der Waals surface area contributed by atoms with Crippen LogP contribution in [0.4, 0.5) is 0 Å². The molecule has 140 valence electrons. The fourth-order valence-corrected chi connectivity index (χ4v) is 3.78. The number of ether oxygens (including phenoxy) is 1. The van der Waals surface area contributed by atoms with Crippen molar-refractivity contribution < 1.29 is 14.0 Å². The second kappa shape index (κ2) is 7.97. The third-order valence-corrected chi connectivity index (χ3v) is 9.75. The topological polar surface area (TPSA) is 35.5 Å². The second-order valence-electron chi connectivity index (χ2n) is 7.97. The standard InChI is InChI=1S/C21H27BrO3Si/c1-15(23)18-12-17(25-26(5,6)21(2,3)4)13-19(22)20(18)24-14-16-10-8-7-9-11-16/h7-13H,14H2,1-6H3. The van der Waals surface area contributed by atoms with Crippen LogP contribution in [0.3, 0.4) is 0 Å². The fraction of sp³-hybridized carbons (Fsp3) is 0.381. The Labute approximate surface area is 166 Å². The Bertz CT molecular complexity index is 780. The summed E-state index contributed by atoms with van der Waals surface area (Å²) in [5.41, 5.74) is 1.58. The average molecular weight is 435 g/mol. The van der Waals surface area contributed by atoms with Gasteiger partial charge in [-0.15, -0.1) is 0 Å². The van der Waals surface area contributed by atoms with Crippen LogP contribution in [0.1, 0.15) is 43.6 Å². The first-order valence-corrected chi connectivity index (χ1v) is 12.4. The first-order valence-electron chi connectivity index (χ1n) is 8.71. The van der Waals surface area contributed by atoms with E-state index in [0.717, 1.165) is 10.0 Å². The summed E-state index contributed by atoms with van der Waals surface area (Å²) in [6.07, 6.45) is 0. The van der Waals surface area contributed by atoms with Gasteiger partial charge in [-0.2, -0.15) is 0 Å². The number of halogens is 1. The molecule has 3 nitrogen and oxygen atoms in total. The summed E-state index contributed by atoms with van der Waals surface area (Å²) in [6, 6.07) is 13.6. The van der Waals surface area contributed by atoms with Gasteiger partial charge in [0.1, 0.15) is 18.1 Å². The van der Waals surface area contributed by atoms with Crippen LogP contribution in [0, 0.1) is 0 Å². The van der Waals surface area contributed by atoms with Gasteiger partial charge >= 0.3 is 0 Å². The molecule has 0 heterocycles. The molecule has 0 unspecified atom stereocenters. The molecule has 0 aliphatic heterocycles. The van der Waals surface area contributed by atoms with E-state index in [1.165, 1.54) is 0 Å². The number of carbonyl (C=O) groups excluding carboxylic acids is 1. The molecule has 26 heavy (non-hydrogen) atoms. The van der Waals surface area contributed by atoms with E-state index in [1.54, 1.807) is 13.0 Å². The molecule has 0 fully saturated rings. The largest absolute Gasteiger partial charge is 0.543 e. The van der Waals surface area contributed by atoms with Gasteiger partial charge in [0.05, 0.1) is 10.0 Å². The molecule has 2 rings (SSSR count). The van der Waals surface area contributed by atoms with E-state index in [-0.39, 0.29) is 10.8 Å². The van der Waals surface area contributed by atoms with Gasteiger partial charge in [0.15, 0.2) is 5.78 Å². The lowest BCUT2D eigenvalue weighted by atomic mass is 10.1. The Morgan fingerprint density at radius 1 is 1.12 bits per heavy atom.